The molecule has 0 spiro atoms. The Morgan fingerprint density at radius 3 is 2.50 bits per heavy atom. The average Bonchev–Trinajstić information content (AvgIpc) is 2.36. The molecule has 0 amide bonds. The summed E-state index contributed by atoms with van der Waals surface area (Å²) in [6, 6.07) is 8.38. The van der Waals surface area contributed by atoms with Gasteiger partial charge in [-0.05, 0) is 42.1 Å². The van der Waals surface area contributed by atoms with E-state index in [1.165, 1.54) is 5.56 Å². The maximum atomic E-state index is 5.31. The third-order valence-corrected chi connectivity index (χ3v) is 3.27. The molecule has 100 valence electrons. The molecule has 2 nitrogen and oxygen atoms in total. The van der Waals surface area contributed by atoms with E-state index >= 15 is 0 Å². The van der Waals surface area contributed by atoms with Gasteiger partial charge in [-0.3, -0.25) is 0 Å². The van der Waals surface area contributed by atoms with Crippen LogP contribution in [0.25, 0.3) is 0 Å². The van der Waals surface area contributed by atoms with Crippen LogP contribution < -0.4 is 10.6 Å². The molecule has 0 saturated heterocycles. The second kappa shape index (κ2) is 7.37. The molecule has 0 bridgehead atoms. The zero-order valence-corrected chi connectivity index (χ0v) is 12.6. The van der Waals surface area contributed by atoms with Gasteiger partial charge in [0.2, 0.25) is 0 Å². The molecule has 0 aromatic heterocycles. The van der Waals surface area contributed by atoms with Crippen molar-refractivity contribution in [2.24, 2.45) is 5.92 Å². The molecule has 1 atom stereocenters. The predicted molar refractivity (Wildman–Crippen MR) is 84.2 cm³/mol. The van der Waals surface area contributed by atoms with Crippen molar-refractivity contribution in [2.75, 3.05) is 11.9 Å². The summed E-state index contributed by atoms with van der Waals surface area (Å²) in [7, 11) is 0. The third kappa shape index (κ3) is 4.65. The average molecular weight is 264 g/mol. The summed E-state index contributed by atoms with van der Waals surface area (Å²) in [4.78, 5) is 0. The fraction of sp³-hybridized carbons (Fsp3) is 0.533. The van der Waals surface area contributed by atoms with Crippen LogP contribution in [0, 0.1) is 5.92 Å². The Bertz CT molecular complexity index is 388. The second-order valence-electron chi connectivity index (χ2n) is 5.13. The first-order valence-corrected chi connectivity index (χ1v) is 7.09. The quantitative estimate of drug-likeness (QED) is 0.782. The Morgan fingerprint density at radius 1 is 1.22 bits per heavy atom. The Hall–Kier alpha value is -1.09. The molecule has 0 unspecified atom stereocenters. The van der Waals surface area contributed by atoms with Crippen molar-refractivity contribution < 1.29 is 0 Å². The van der Waals surface area contributed by atoms with Crippen molar-refractivity contribution in [3.05, 3.63) is 29.8 Å². The molecule has 1 rings (SSSR count). The summed E-state index contributed by atoms with van der Waals surface area (Å²) in [5.41, 5.74) is 2.45. The Morgan fingerprint density at radius 2 is 1.89 bits per heavy atom. The highest BCUT2D eigenvalue weighted by Gasteiger charge is 2.09. The number of benzene rings is 1. The molecule has 0 aliphatic carbocycles. The molecule has 0 fully saturated rings. The van der Waals surface area contributed by atoms with Crippen LogP contribution in [0.2, 0.25) is 0 Å². The fourth-order valence-electron chi connectivity index (χ4n) is 1.72. The Labute approximate surface area is 116 Å². The molecule has 1 aromatic carbocycles. The molecule has 0 aliphatic rings. The Balaban J connectivity index is 2.69. The lowest BCUT2D eigenvalue weighted by atomic mass is 9.97. The van der Waals surface area contributed by atoms with E-state index in [1.807, 2.05) is 6.07 Å². The molecule has 0 saturated carbocycles. The minimum Gasteiger partial charge on any atom is -0.362 e. The van der Waals surface area contributed by atoms with E-state index in [0.717, 1.165) is 18.7 Å². The van der Waals surface area contributed by atoms with E-state index in [-0.39, 0.29) is 0 Å². The number of hydrogen-bond donors (Lipinski definition) is 2. The zero-order chi connectivity index (χ0) is 13.5. The van der Waals surface area contributed by atoms with Crippen LogP contribution in [-0.2, 0) is 0 Å². The number of thiocarbonyl (C=S) groups is 1. The van der Waals surface area contributed by atoms with Crippen molar-refractivity contribution in [3.8, 4) is 0 Å². The normalized spacial score (nSPS) is 12.3. The highest BCUT2D eigenvalue weighted by molar-refractivity contribution is 7.80. The first-order chi connectivity index (χ1) is 8.54. The van der Waals surface area contributed by atoms with Crippen LogP contribution >= 0.6 is 12.2 Å². The number of rotatable bonds is 5. The van der Waals surface area contributed by atoms with Crippen LogP contribution in [0.1, 0.15) is 45.6 Å². The molecular weight excluding hydrogens is 240 g/mol. The second-order valence-corrected chi connectivity index (χ2v) is 5.53. The Kier molecular flexibility index (Phi) is 6.13. The van der Waals surface area contributed by atoms with Gasteiger partial charge in [-0.15, -0.1) is 0 Å². The molecule has 0 radical (unpaired) electrons. The summed E-state index contributed by atoms with van der Waals surface area (Å²) in [5, 5.41) is 7.24. The molecule has 0 aliphatic heterocycles. The monoisotopic (exact) mass is 264 g/mol. The van der Waals surface area contributed by atoms with Gasteiger partial charge in [-0.25, -0.2) is 0 Å². The SMILES string of the molecule is CC[C@H](C)c1ccccc1NC(=S)NCC(C)C. The first kappa shape index (κ1) is 15.0. The van der Waals surface area contributed by atoms with Gasteiger partial charge >= 0.3 is 0 Å². The predicted octanol–water partition coefficient (Wildman–Crippen LogP) is 4.14. The highest BCUT2D eigenvalue weighted by Crippen LogP contribution is 2.26. The van der Waals surface area contributed by atoms with Gasteiger partial charge in [-0.1, -0.05) is 45.9 Å². The van der Waals surface area contributed by atoms with E-state index in [1.54, 1.807) is 0 Å². The lowest BCUT2D eigenvalue weighted by Gasteiger charge is -2.18. The minimum absolute atomic E-state index is 0.543. The fourth-order valence-corrected chi connectivity index (χ4v) is 1.92. The van der Waals surface area contributed by atoms with E-state index in [4.69, 9.17) is 12.2 Å². The van der Waals surface area contributed by atoms with Crippen LogP contribution in [0.3, 0.4) is 0 Å². The lowest BCUT2D eigenvalue weighted by molar-refractivity contribution is 0.627. The van der Waals surface area contributed by atoms with Crippen LogP contribution in [0.4, 0.5) is 5.69 Å². The maximum Gasteiger partial charge on any atom is 0.170 e. The number of nitrogens with one attached hydrogen (secondary N) is 2. The number of para-hydroxylation sites is 1. The summed E-state index contributed by atoms with van der Waals surface area (Å²) >= 11 is 5.31. The largest absolute Gasteiger partial charge is 0.362 e. The van der Waals surface area contributed by atoms with Gasteiger partial charge in [0.15, 0.2) is 5.11 Å². The van der Waals surface area contributed by atoms with E-state index in [2.05, 4.69) is 56.5 Å². The van der Waals surface area contributed by atoms with E-state index < -0.39 is 0 Å². The van der Waals surface area contributed by atoms with E-state index in [9.17, 15) is 0 Å². The lowest BCUT2D eigenvalue weighted by Crippen LogP contribution is -2.31. The molecule has 0 heterocycles. The van der Waals surface area contributed by atoms with Crippen LogP contribution in [0.5, 0.6) is 0 Å². The van der Waals surface area contributed by atoms with Gasteiger partial charge in [0.1, 0.15) is 0 Å². The summed E-state index contributed by atoms with van der Waals surface area (Å²) in [6.07, 6.45) is 1.13. The smallest absolute Gasteiger partial charge is 0.170 e. The molecule has 3 heteroatoms. The van der Waals surface area contributed by atoms with Crippen molar-refractivity contribution in [3.63, 3.8) is 0 Å². The van der Waals surface area contributed by atoms with Gasteiger partial charge in [0, 0.05) is 12.2 Å². The first-order valence-electron chi connectivity index (χ1n) is 6.68. The summed E-state index contributed by atoms with van der Waals surface area (Å²) in [5.74, 6) is 1.14. The molecular formula is C15H24N2S. The number of anilines is 1. The maximum absolute atomic E-state index is 5.31. The van der Waals surface area contributed by atoms with Crippen molar-refractivity contribution in [2.45, 2.75) is 40.0 Å². The molecule has 2 N–H and O–H groups in total. The van der Waals surface area contributed by atoms with Gasteiger partial charge in [0.05, 0.1) is 0 Å². The van der Waals surface area contributed by atoms with Gasteiger partial charge in [-0.2, -0.15) is 0 Å². The zero-order valence-electron chi connectivity index (χ0n) is 11.8. The van der Waals surface area contributed by atoms with Crippen molar-refractivity contribution >= 4 is 23.0 Å². The standard InChI is InChI=1S/C15H24N2S/c1-5-12(4)13-8-6-7-9-14(13)17-15(18)16-10-11(2)3/h6-9,11-12H,5,10H2,1-4H3,(H2,16,17,18)/t12-/m0/s1. The number of hydrogen-bond acceptors (Lipinski definition) is 1. The molecule has 1 aromatic rings. The highest BCUT2D eigenvalue weighted by atomic mass is 32.1. The summed E-state index contributed by atoms with van der Waals surface area (Å²) < 4.78 is 0. The topological polar surface area (TPSA) is 24.1 Å². The van der Waals surface area contributed by atoms with Crippen molar-refractivity contribution in [1.82, 2.24) is 5.32 Å². The molecule has 18 heavy (non-hydrogen) atoms. The van der Waals surface area contributed by atoms with Gasteiger partial charge < -0.3 is 10.6 Å². The minimum atomic E-state index is 0.543. The summed E-state index contributed by atoms with van der Waals surface area (Å²) in [6.45, 7) is 9.69. The van der Waals surface area contributed by atoms with E-state index in [0.29, 0.717) is 16.9 Å². The van der Waals surface area contributed by atoms with Crippen LogP contribution in [0.15, 0.2) is 24.3 Å². The van der Waals surface area contributed by atoms with Crippen molar-refractivity contribution in [1.29, 1.82) is 0 Å². The van der Waals surface area contributed by atoms with Crippen LogP contribution in [-0.4, -0.2) is 11.7 Å². The van der Waals surface area contributed by atoms with Gasteiger partial charge in [0.25, 0.3) is 0 Å². The third-order valence-electron chi connectivity index (χ3n) is 3.02.